The first-order chi connectivity index (χ1) is 10.6. The van der Waals surface area contributed by atoms with Crippen LogP contribution in [-0.4, -0.2) is 26.2 Å². The maximum atomic E-state index is 12.6. The third kappa shape index (κ3) is 3.55. The molecule has 0 saturated carbocycles. The van der Waals surface area contributed by atoms with E-state index in [0.717, 1.165) is 26.4 Å². The molecule has 0 aromatic heterocycles. The molecule has 23 heavy (non-hydrogen) atoms. The van der Waals surface area contributed by atoms with Gasteiger partial charge in [0.2, 0.25) is 0 Å². The lowest BCUT2D eigenvalue weighted by atomic mass is 9.73. The maximum absolute atomic E-state index is 12.6. The zero-order valence-electron chi connectivity index (χ0n) is 12.9. The lowest BCUT2D eigenvalue weighted by Gasteiger charge is -2.31. The number of hydrogen-bond donors (Lipinski definition) is 0. The highest BCUT2D eigenvalue weighted by Gasteiger charge is 2.50. The van der Waals surface area contributed by atoms with Gasteiger partial charge < -0.3 is 9.47 Å². The summed E-state index contributed by atoms with van der Waals surface area (Å²) in [4.78, 5) is 24.2. The number of methoxy groups -OCH3 is 2. The van der Waals surface area contributed by atoms with Crippen molar-refractivity contribution in [3.63, 3.8) is 0 Å². The number of allylic oxidation sites excluding steroid dienone is 1. The van der Waals surface area contributed by atoms with Gasteiger partial charge in [-0.3, -0.25) is 9.59 Å². The quantitative estimate of drug-likeness (QED) is 0.472. The van der Waals surface area contributed by atoms with Crippen LogP contribution in [0, 0.1) is 5.41 Å². The Bertz CT molecular complexity index is 574. The van der Waals surface area contributed by atoms with Crippen LogP contribution in [0.3, 0.4) is 0 Å². The topological polar surface area (TPSA) is 52.6 Å². The van der Waals surface area contributed by atoms with Crippen molar-refractivity contribution in [2.24, 2.45) is 5.41 Å². The van der Waals surface area contributed by atoms with E-state index >= 15 is 0 Å². The summed E-state index contributed by atoms with van der Waals surface area (Å²) in [5.74, 6) is -2.65. The second kappa shape index (κ2) is 6.85. The van der Waals surface area contributed by atoms with Gasteiger partial charge in [0.15, 0.2) is 5.41 Å². The molecule has 0 heterocycles. The standard InChI is InChI=1S/C16H17F3O4/c1-5-12(15(2,13(20)22-3)14(21)23-4)10-6-8-11(9-7-10)16(17,18)19/h5-9,12H,1H2,2-4H3. The van der Waals surface area contributed by atoms with Crippen LogP contribution in [0.4, 0.5) is 13.2 Å². The Hall–Kier alpha value is -2.31. The largest absolute Gasteiger partial charge is 0.468 e. The first kappa shape index (κ1) is 18.7. The van der Waals surface area contributed by atoms with E-state index in [1.54, 1.807) is 0 Å². The fraction of sp³-hybridized carbons (Fsp3) is 0.375. The van der Waals surface area contributed by atoms with Gasteiger partial charge in [-0.25, -0.2) is 0 Å². The molecule has 0 amide bonds. The van der Waals surface area contributed by atoms with Crippen molar-refractivity contribution in [2.45, 2.75) is 19.0 Å². The third-order valence-corrected chi connectivity index (χ3v) is 3.67. The number of carbonyl (C=O) groups is 2. The van der Waals surface area contributed by atoms with Gasteiger partial charge in [0.1, 0.15) is 0 Å². The van der Waals surface area contributed by atoms with Gasteiger partial charge in [0, 0.05) is 5.92 Å². The minimum atomic E-state index is -4.48. The molecule has 1 rings (SSSR count). The fourth-order valence-electron chi connectivity index (χ4n) is 2.35. The SMILES string of the molecule is C=CC(c1ccc(C(F)(F)F)cc1)C(C)(C(=O)OC)C(=O)OC. The molecular formula is C16H17F3O4. The summed E-state index contributed by atoms with van der Waals surface area (Å²) in [5, 5.41) is 0. The van der Waals surface area contributed by atoms with Gasteiger partial charge in [-0.2, -0.15) is 13.2 Å². The highest BCUT2D eigenvalue weighted by Crippen LogP contribution is 2.40. The Balaban J connectivity index is 3.36. The molecule has 0 aliphatic rings. The lowest BCUT2D eigenvalue weighted by molar-refractivity contribution is -0.168. The van der Waals surface area contributed by atoms with E-state index in [4.69, 9.17) is 0 Å². The molecule has 0 radical (unpaired) electrons. The average molecular weight is 330 g/mol. The normalized spacial score (nSPS) is 13.1. The molecule has 1 unspecified atom stereocenters. The molecule has 0 spiro atoms. The molecule has 1 aromatic carbocycles. The average Bonchev–Trinajstić information content (AvgIpc) is 2.53. The predicted octanol–water partition coefficient (Wildman–Crippen LogP) is 3.33. The second-order valence-corrected chi connectivity index (χ2v) is 5.02. The highest BCUT2D eigenvalue weighted by molar-refractivity contribution is 6.01. The van der Waals surface area contributed by atoms with Gasteiger partial charge in [-0.15, -0.1) is 6.58 Å². The summed E-state index contributed by atoms with van der Waals surface area (Å²) in [6, 6.07) is 4.14. The van der Waals surface area contributed by atoms with E-state index < -0.39 is 35.0 Å². The van der Waals surface area contributed by atoms with Gasteiger partial charge in [0.25, 0.3) is 0 Å². The van der Waals surface area contributed by atoms with Crippen LogP contribution in [-0.2, 0) is 25.2 Å². The predicted molar refractivity (Wildman–Crippen MR) is 76.5 cm³/mol. The number of hydrogen-bond acceptors (Lipinski definition) is 4. The first-order valence-corrected chi connectivity index (χ1v) is 6.59. The van der Waals surface area contributed by atoms with Gasteiger partial charge in [-0.05, 0) is 24.6 Å². The van der Waals surface area contributed by atoms with E-state index in [2.05, 4.69) is 16.1 Å². The first-order valence-electron chi connectivity index (χ1n) is 6.59. The van der Waals surface area contributed by atoms with Crippen molar-refractivity contribution in [3.8, 4) is 0 Å². The van der Waals surface area contributed by atoms with Crippen molar-refractivity contribution in [1.82, 2.24) is 0 Å². The van der Waals surface area contributed by atoms with Gasteiger partial charge in [0.05, 0.1) is 19.8 Å². The number of carbonyl (C=O) groups excluding carboxylic acids is 2. The zero-order valence-corrected chi connectivity index (χ0v) is 12.9. The van der Waals surface area contributed by atoms with Crippen LogP contribution >= 0.6 is 0 Å². The van der Waals surface area contributed by atoms with Crippen molar-refractivity contribution in [2.75, 3.05) is 14.2 Å². The molecule has 0 fully saturated rings. The van der Waals surface area contributed by atoms with Crippen LogP contribution in [0.1, 0.15) is 24.0 Å². The fourth-order valence-corrected chi connectivity index (χ4v) is 2.35. The number of esters is 2. The van der Waals surface area contributed by atoms with Crippen molar-refractivity contribution in [3.05, 3.63) is 48.0 Å². The van der Waals surface area contributed by atoms with Crippen LogP contribution < -0.4 is 0 Å². The van der Waals surface area contributed by atoms with Crippen LogP contribution in [0.15, 0.2) is 36.9 Å². The number of ether oxygens (including phenoxy) is 2. The monoisotopic (exact) mass is 330 g/mol. The highest BCUT2D eigenvalue weighted by atomic mass is 19.4. The Morgan fingerprint density at radius 1 is 1.09 bits per heavy atom. The minimum Gasteiger partial charge on any atom is -0.468 e. The molecule has 0 aliphatic heterocycles. The van der Waals surface area contributed by atoms with E-state index in [9.17, 15) is 22.8 Å². The Kier molecular flexibility index (Phi) is 5.58. The molecule has 7 heteroatoms. The van der Waals surface area contributed by atoms with Gasteiger partial charge >= 0.3 is 18.1 Å². The smallest absolute Gasteiger partial charge is 0.416 e. The summed E-state index contributed by atoms with van der Waals surface area (Å²) in [7, 11) is 2.22. The molecule has 1 aromatic rings. The number of alkyl halides is 3. The Morgan fingerprint density at radius 3 is 1.83 bits per heavy atom. The summed E-state index contributed by atoms with van der Waals surface area (Å²) in [6.45, 7) is 4.87. The summed E-state index contributed by atoms with van der Waals surface area (Å²) in [5.41, 5.74) is -2.28. The number of rotatable bonds is 5. The summed E-state index contributed by atoms with van der Waals surface area (Å²) in [6.07, 6.45) is -3.17. The van der Waals surface area contributed by atoms with Crippen molar-refractivity contribution in [1.29, 1.82) is 0 Å². The molecule has 0 bridgehead atoms. The molecular weight excluding hydrogens is 313 g/mol. The molecule has 4 nitrogen and oxygen atoms in total. The minimum absolute atomic E-state index is 0.311. The molecule has 0 saturated heterocycles. The van der Waals surface area contributed by atoms with E-state index in [1.807, 2.05) is 0 Å². The maximum Gasteiger partial charge on any atom is 0.416 e. The third-order valence-electron chi connectivity index (χ3n) is 3.67. The van der Waals surface area contributed by atoms with Crippen LogP contribution in [0.2, 0.25) is 0 Å². The van der Waals surface area contributed by atoms with Crippen LogP contribution in [0.5, 0.6) is 0 Å². The second-order valence-electron chi connectivity index (χ2n) is 5.02. The zero-order chi connectivity index (χ0) is 17.8. The molecule has 0 aliphatic carbocycles. The van der Waals surface area contributed by atoms with Crippen LogP contribution in [0.25, 0.3) is 0 Å². The van der Waals surface area contributed by atoms with E-state index in [-0.39, 0.29) is 0 Å². The van der Waals surface area contributed by atoms with E-state index in [0.29, 0.717) is 5.56 Å². The molecule has 126 valence electrons. The molecule has 0 N–H and O–H groups in total. The number of benzene rings is 1. The van der Waals surface area contributed by atoms with Gasteiger partial charge in [-0.1, -0.05) is 18.2 Å². The Labute approximate surface area is 131 Å². The number of halogens is 3. The van der Waals surface area contributed by atoms with E-state index in [1.165, 1.54) is 25.1 Å². The van der Waals surface area contributed by atoms with Crippen molar-refractivity contribution < 1.29 is 32.2 Å². The summed E-state index contributed by atoms with van der Waals surface area (Å²) >= 11 is 0. The molecule has 1 atom stereocenters. The summed E-state index contributed by atoms with van der Waals surface area (Å²) < 4.78 is 47.2. The lowest BCUT2D eigenvalue weighted by Crippen LogP contribution is -2.43. The van der Waals surface area contributed by atoms with Crippen molar-refractivity contribution >= 4 is 11.9 Å². The Morgan fingerprint density at radius 2 is 1.52 bits per heavy atom.